The van der Waals surface area contributed by atoms with E-state index in [1.807, 2.05) is 6.92 Å². The number of thiazole rings is 1. The Bertz CT molecular complexity index is 711. The first-order valence-electron chi connectivity index (χ1n) is 10.5. The van der Waals surface area contributed by atoms with E-state index in [1.165, 1.54) is 19.3 Å². The molecule has 1 saturated heterocycles. The van der Waals surface area contributed by atoms with Gasteiger partial charge in [-0.2, -0.15) is 0 Å². The highest BCUT2D eigenvalue weighted by Crippen LogP contribution is 2.62. The number of aromatic nitrogens is 1. The van der Waals surface area contributed by atoms with E-state index in [1.54, 1.807) is 11.3 Å². The molecule has 2 atom stereocenters. The lowest BCUT2D eigenvalue weighted by molar-refractivity contribution is -0.172. The van der Waals surface area contributed by atoms with Crippen LogP contribution < -0.4 is 0 Å². The second kappa shape index (κ2) is 6.53. The summed E-state index contributed by atoms with van der Waals surface area (Å²) in [6.45, 7) is 6.47. The van der Waals surface area contributed by atoms with E-state index < -0.39 is 5.60 Å². The van der Waals surface area contributed by atoms with Crippen LogP contribution in [0.5, 0.6) is 0 Å². The van der Waals surface area contributed by atoms with Crippen LogP contribution in [0.25, 0.3) is 0 Å². The molecule has 1 aromatic heterocycles. The molecule has 148 valence electrons. The number of carbonyl (C=O) groups excluding carboxylic acids is 1. The lowest BCUT2D eigenvalue weighted by atomic mass is 9.47. The van der Waals surface area contributed by atoms with Crippen LogP contribution in [0.2, 0.25) is 0 Å². The lowest BCUT2D eigenvalue weighted by Gasteiger charge is -2.60. The quantitative estimate of drug-likeness (QED) is 0.860. The number of piperazine rings is 1. The smallest absolute Gasteiger partial charge is 0.223 e. The monoisotopic (exact) mass is 389 g/mol. The van der Waals surface area contributed by atoms with E-state index in [-0.39, 0.29) is 5.41 Å². The minimum Gasteiger partial charge on any atom is -0.390 e. The fourth-order valence-corrected chi connectivity index (χ4v) is 7.51. The average molecular weight is 390 g/mol. The van der Waals surface area contributed by atoms with Crippen LogP contribution in [0.1, 0.15) is 55.6 Å². The molecule has 6 rings (SSSR count). The normalized spacial score (nSPS) is 38.5. The average Bonchev–Trinajstić information content (AvgIpc) is 2.97. The molecule has 5 fully saturated rings. The van der Waals surface area contributed by atoms with E-state index in [0.717, 1.165) is 62.7 Å². The molecule has 0 aromatic carbocycles. The van der Waals surface area contributed by atoms with Crippen LogP contribution in [0.3, 0.4) is 0 Å². The molecule has 1 aromatic rings. The van der Waals surface area contributed by atoms with Crippen LogP contribution in [-0.4, -0.2) is 57.6 Å². The van der Waals surface area contributed by atoms with Crippen LogP contribution in [0, 0.1) is 24.2 Å². The van der Waals surface area contributed by atoms with Gasteiger partial charge in [0.25, 0.3) is 0 Å². The van der Waals surface area contributed by atoms with Gasteiger partial charge in [-0.15, -0.1) is 11.3 Å². The largest absolute Gasteiger partial charge is 0.390 e. The zero-order chi connectivity index (χ0) is 18.6. The minimum absolute atomic E-state index is 0.0885. The molecule has 4 saturated carbocycles. The topological polar surface area (TPSA) is 56.7 Å². The Morgan fingerprint density at radius 3 is 2.52 bits per heavy atom. The van der Waals surface area contributed by atoms with Crippen LogP contribution in [0.4, 0.5) is 0 Å². The Labute approximate surface area is 165 Å². The van der Waals surface area contributed by atoms with Crippen LogP contribution in [0.15, 0.2) is 5.38 Å². The van der Waals surface area contributed by atoms with Crippen molar-refractivity contribution in [1.82, 2.24) is 14.8 Å². The highest BCUT2D eigenvalue weighted by molar-refractivity contribution is 7.09. The fourth-order valence-electron chi connectivity index (χ4n) is 6.91. The van der Waals surface area contributed by atoms with Crippen molar-refractivity contribution in [2.75, 3.05) is 26.2 Å². The summed E-state index contributed by atoms with van der Waals surface area (Å²) in [5.74, 6) is 1.63. The summed E-state index contributed by atoms with van der Waals surface area (Å²) >= 11 is 1.71. The summed E-state index contributed by atoms with van der Waals surface area (Å²) < 4.78 is 0. The molecule has 0 spiro atoms. The summed E-state index contributed by atoms with van der Waals surface area (Å²) in [5.41, 5.74) is 0.777. The van der Waals surface area contributed by atoms with Crippen molar-refractivity contribution in [3.63, 3.8) is 0 Å². The third-order valence-corrected chi connectivity index (χ3v) is 8.28. The van der Waals surface area contributed by atoms with Crippen molar-refractivity contribution < 1.29 is 9.90 Å². The van der Waals surface area contributed by atoms with Gasteiger partial charge >= 0.3 is 0 Å². The molecule has 1 aliphatic heterocycles. The van der Waals surface area contributed by atoms with E-state index in [0.29, 0.717) is 24.2 Å². The van der Waals surface area contributed by atoms with E-state index in [2.05, 4.69) is 20.2 Å². The molecule has 5 nitrogen and oxygen atoms in total. The Morgan fingerprint density at radius 2 is 1.93 bits per heavy atom. The second-order valence-electron chi connectivity index (χ2n) is 9.88. The van der Waals surface area contributed by atoms with E-state index >= 15 is 0 Å². The summed E-state index contributed by atoms with van der Waals surface area (Å²) in [5, 5.41) is 14.2. The van der Waals surface area contributed by atoms with Crippen LogP contribution >= 0.6 is 11.3 Å². The summed E-state index contributed by atoms with van der Waals surface area (Å²) in [6.07, 6.45) is 7.10. The molecular weight excluding hydrogens is 358 g/mol. The van der Waals surface area contributed by atoms with E-state index in [4.69, 9.17) is 0 Å². The number of nitrogens with zero attached hydrogens (tertiary/aromatic N) is 3. The standard InChI is InChI=1S/C21H31N3O2S/c1-15-22-18(13-27-15)12-23-2-4-24(5-3-23)19(25)11-20-7-16-6-17(8-20)10-21(26,9-16)14-20/h13,16-17,26H,2-12,14H2,1H3/t16-,17-,20?,21?/m1/s1. The highest BCUT2D eigenvalue weighted by Gasteiger charge is 2.57. The van der Waals surface area contributed by atoms with Gasteiger partial charge in [0.05, 0.1) is 16.3 Å². The van der Waals surface area contributed by atoms with Crippen molar-refractivity contribution in [2.45, 2.75) is 64.0 Å². The van der Waals surface area contributed by atoms with Gasteiger partial charge in [0, 0.05) is 44.5 Å². The lowest BCUT2D eigenvalue weighted by Crippen LogP contribution is -2.57. The third kappa shape index (κ3) is 3.56. The first-order chi connectivity index (χ1) is 12.9. The Balaban J connectivity index is 1.17. The van der Waals surface area contributed by atoms with Gasteiger partial charge < -0.3 is 10.0 Å². The first-order valence-corrected chi connectivity index (χ1v) is 11.4. The van der Waals surface area contributed by atoms with E-state index in [9.17, 15) is 9.90 Å². The van der Waals surface area contributed by atoms with Crippen molar-refractivity contribution in [2.24, 2.45) is 17.3 Å². The molecule has 6 heteroatoms. The molecule has 2 heterocycles. The van der Waals surface area contributed by atoms with Crippen molar-refractivity contribution >= 4 is 17.2 Å². The summed E-state index contributed by atoms with van der Waals surface area (Å²) in [4.78, 5) is 22.1. The molecule has 27 heavy (non-hydrogen) atoms. The molecule has 0 unspecified atom stereocenters. The van der Waals surface area contributed by atoms with Gasteiger partial charge in [-0.05, 0) is 62.7 Å². The Kier molecular flexibility index (Phi) is 4.37. The Morgan fingerprint density at radius 1 is 1.22 bits per heavy atom. The number of amides is 1. The molecular formula is C21H31N3O2S. The van der Waals surface area contributed by atoms with Gasteiger partial charge in [0.2, 0.25) is 5.91 Å². The van der Waals surface area contributed by atoms with Crippen molar-refractivity contribution in [3.05, 3.63) is 16.1 Å². The molecule has 1 amide bonds. The van der Waals surface area contributed by atoms with Gasteiger partial charge in [-0.1, -0.05) is 0 Å². The van der Waals surface area contributed by atoms with Gasteiger partial charge in [0.1, 0.15) is 0 Å². The predicted octanol–water partition coefficient (Wildman–Crippen LogP) is 2.82. The van der Waals surface area contributed by atoms with Crippen LogP contribution in [-0.2, 0) is 11.3 Å². The molecule has 1 N–H and O–H groups in total. The maximum atomic E-state index is 13.1. The third-order valence-electron chi connectivity index (χ3n) is 7.45. The number of hydrogen-bond donors (Lipinski definition) is 1. The fraction of sp³-hybridized carbons (Fsp3) is 0.810. The first kappa shape index (κ1) is 18.1. The highest BCUT2D eigenvalue weighted by atomic mass is 32.1. The SMILES string of the molecule is Cc1nc(CN2CCN(C(=O)CC34C[C@H]5C[C@@H](CC(O)(C5)C3)C4)CC2)cs1. The minimum atomic E-state index is -0.464. The van der Waals surface area contributed by atoms with Crippen molar-refractivity contribution in [1.29, 1.82) is 0 Å². The molecule has 4 bridgehead atoms. The molecule has 4 aliphatic carbocycles. The van der Waals surface area contributed by atoms with Gasteiger partial charge in [-0.3, -0.25) is 9.69 Å². The number of carbonyl (C=O) groups is 1. The number of rotatable bonds is 4. The van der Waals surface area contributed by atoms with Gasteiger partial charge in [0.15, 0.2) is 0 Å². The predicted molar refractivity (Wildman–Crippen MR) is 105 cm³/mol. The zero-order valence-corrected chi connectivity index (χ0v) is 17.1. The second-order valence-corrected chi connectivity index (χ2v) is 10.9. The number of aliphatic hydroxyl groups is 1. The van der Waals surface area contributed by atoms with Gasteiger partial charge in [-0.25, -0.2) is 4.98 Å². The molecule has 0 radical (unpaired) electrons. The van der Waals surface area contributed by atoms with Crippen molar-refractivity contribution in [3.8, 4) is 0 Å². The number of aryl methyl sites for hydroxylation is 1. The zero-order valence-electron chi connectivity index (χ0n) is 16.3. The summed E-state index contributed by atoms with van der Waals surface area (Å²) in [7, 11) is 0. The maximum Gasteiger partial charge on any atom is 0.223 e. The number of hydrogen-bond acceptors (Lipinski definition) is 5. The molecule has 5 aliphatic rings. The Hall–Kier alpha value is -0.980. The summed E-state index contributed by atoms with van der Waals surface area (Å²) in [6, 6.07) is 0. The maximum absolute atomic E-state index is 13.1.